The van der Waals surface area contributed by atoms with Gasteiger partial charge in [0, 0.05) is 31.3 Å². The maximum Gasteiger partial charge on any atom is 0.282 e. The summed E-state index contributed by atoms with van der Waals surface area (Å²) in [7, 11) is 3.08. The van der Waals surface area contributed by atoms with Gasteiger partial charge >= 0.3 is 0 Å². The van der Waals surface area contributed by atoms with Crippen molar-refractivity contribution in [2.45, 2.75) is 26.7 Å². The molecule has 2 amide bonds. The molecular formula is C24H26N2O4. The molecule has 30 heavy (non-hydrogen) atoms. The van der Waals surface area contributed by atoms with Crippen LogP contribution in [0.1, 0.15) is 29.5 Å². The van der Waals surface area contributed by atoms with Gasteiger partial charge < -0.3 is 14.4 Å². The number of aryl methyl sites for hydroxylation is 2. The van der Waals surface area contributed by atoms with Crippen molar-refractivity contribution in [1.29, 1.82) is 0 Å². The normalized spacial score (nSPS) is 16.7. The molecule has 6 nitrogen and oxygen atoms in total. The first kappa shape index (κ1) is 20.0. The maximum atomic E-state index is 13.6. The number of amides is 2. The molecular weight excluding hydrogens is 380 g/mol. The average molecular weight is 406 g/mol. The number of likely N-dealkylation sites (tertiary alicyclic amines) is 1. The number of benzene rings is 2. The second kappa shape index (κ2) is 7.86. The summed E-state index contributed by atoms with van der Waals surface area (Å²) in [5.41, 5.74) is 4.40. The minimum Gasteiger partial charge on any atom is -0.497 e. The SMILES string of the molecule is COc1cc(OC)cc(N2C(=O)C(c3ccc(C)c(C)c3)=C(N3CCCC3)C2=O)c1. The third-order valence-electron chi connectivity index (χ3n) is 5.87. The standard InChI is InChI=1S/C24H26N2O4/c1-15-7-8-17(11-16(15)2)21-22(25-9-5-6-10-25)24(28)26(23(21)27)18-12-19(29-3)14-20(13-18)30-4/h7-8,11-14H,5-6,9-10H2,1-4H3. The summed E-state index contributed by atoms with van der Waals surface area (Å²) in [6.07, 6.45) is 2.02. The summed E-state index contributed by atoms with van der Waals surface area (Å²) < 4.78 is 10.7. The highest BCUT2D eigenvalue weighted by Crippen LogP contribution is 2.38. The number of imide groups is 1. The van der Waals surface area contributed by atoms with Gasteiger partial charge in [0.05, 0.1) is 25.5 Å². The van der Waals surface area contributed by atoms with Gasteiger partial charge in [0.2, 0.25) is 0 Å². The van der Waals surface area contributed by atoms with Crippen LogP contribution in [0.3, 0.4) is 0 Å². The lowest BCUT2D eigenvalue weighted by molar-refractivity contribution is -0.120. The molecule has 156 valence electrons. The van der Waals surface area contributed by atoms with E-state index in [0.29, 0.717) is 28.5 Å². The number of carbonyl (C=O) groups is 2. The summed E-state index contributed by atoms with van der Waals surface area (Å²) >= 11 is 0. The summed E-state index contributed by atoms with van der Waals surface area (Å²) in [4.78, 5) is 30.5. The minimum atomic E-state index is -0.319. The molecule has 0 aliphatic carbocycles. The molecule has 0 unspecified atom stereocenters. The fourth-order valence-electron chi connectivity index (χ4n) is 4.07. The summed E-state index contributed by atoms with van der Waals surface area (Å²) in [6.45, 7) is 5.60. The number of hydrogen-bond acceptors (Lipinski definition) is 5. The van der Waals surface area contributed by atoms with E-state index < -0.39 is 0 Å². The Balaban J connectivity index is 1.85. The number of ether oxygens (including phenoxy) is 2. The Morgan fingerprint density at radius 2 is 1.43 bits per heavy atom. The van der Waals surface area contributed by atoms with Crippen LogP contribution < -0.4 is 14.4 Å². The fraction of sp³-hybridized carbons (Fsp3) is 0.333. The second-order valence-electron chi connectivity index (χ2n) is 7.73. The molecule has 2 heterocycles. The number of hydrogen-bond donors (Lipinski definition) is 0. The van der Waals surface area contributed by atoms with Gasteiger partial charge in [-0.25, -0.2) is 4.90 Å². The topological polar surface area (TPSA) is 59.1 Å². The molecule has 4 rings (SSSR count). The largest absolute Gasteiger partial charge is 0.497 e. The Labute approximate surface area is 176 Å². The molecule has 0 N–H and O–H groups in total. The van der Waals surface area contributed by atoms with Crippen LogP contribution in [0, 0.1) is 13.8 Å². The first-order valence-corrected chi connectivity index (χ1v) is 10.1. The van der Waals surface area contributed by atoms with E-state index in [1.165, 1.54) is 4.90 Å². The quantitative estimate of drug-likeness (QED) is 0.709. The summed E-state index contributed by atoms with van der Waals surface area (Å²) in [5, 5.41) is 0. The van der Waals surface area contributed by atoms with Gasteiger partial charge in [-0.1, -0.05) is 18.2 Å². The lowest BCUT2D eigenvalue weighted by atomic mass is 9.99. The van der Waals surface area contributed by atoms with Crippen molar-refractivity contribution >= 4 is 23.1 Å². The van der Waals surface area contributed by atoms with E-state index in [4.69, 9.17) is 9.47 Å². The van der Waals surface area contributed by atoms with Crippen LogP contribution in [-0.2, 0) is 9.59 Å². The molecule has 0 bridgehead atoms. The molecule has 0 atom stereocenters. The van der Waals surface area contributed by atoms with Crippen molar-refractivity contribution in [3.63, 3.8) is 0 Å². The molecule has 1 fully saturated rings. The number of rotatable bonds is 5. The zero-order valence-electron chi connectivity index (χ0n) is 17.8. The molecule has 0 saturated carbocycles. The molecule has 2 aliphatic heterocycles. The minimum absolute atomic E-state index is 0.301. The first-order valence-electron chi connectivity index (χ1n) is 10.1. The van der Waals surface area contributed by atoms with Gasteiger partial charge in [-0.05, 0) is 43.4 Å². The van der Waals surface area contributed by atoms with Crippen molar-refractivity contribution in [2.24, 2.45) is 0 Å². The monoisotopic (exact) mass is 406 g/mol. The second-order valence-corrected chi connectivity index (χ2v) is 7.73. The van der Waals surface area contributed by atoms with Gasteiger partial charge in [0.1, 0.15) is 17.2 Å². The molecule has 0 radical (unpaired) electrons. The van der Waals surface area contributed by atoms with Crippen LogP contribution in [0.4, 0.5) is 5.69 Å². The third-order valence-corrected chi connectivity index (χ3v) is 5.87. The molecule has 6 heteroatoms. The van der Waals surface area contributed by atoms with Gasteiger partial charge in [-0.15, -0.1) is 0 Å². The van der Waals surface area contributed by atoms with Crippen LogP contribution in [-0.4, -0.2) is 44.0 Å². The van der Waals surface area contributed by atoms with E-state index >= 15 is 0 Å². The van der Waals surface area contributed by atoms with Gasteiger partial charge in [-0.3, -0.25) is 9.59 Å². The Hall–Kier alpha value is -3.28. The Kier molecular flexibility index (Phi) is 5.24. The van der Waals surface area contributed by atoms with Crippen molar-refractivity contribution in [3.05, 3.63) is 58.8 Å². The molecule has 2 aliphatic rings. The van der Waals surface area contributed by atoms with E-state index in [0.717, 1.165) is 42.6 Å². The van der Waals surface area contributed by atoms with E-state index in [9.17, 15) is 9.59 Å². The van der Waals surface area contributed by atoms with Crippen LogP contribution in [0.25, 0.3) is 5.57 Å². The Bertz CT molecular complexity index is 1030. The fourth-order valence-corrected chi connectivity index (χ4v) is 4.07. The molecule has 2 aromatic carbocycles. The van der Waals surface area contributed by atoms with Crippen molar-refractivity contribution in [2.75, 3.05) is 32.2 Å². The maximum absolute atomic E-state index is 13.6. The van der Waals surface area contributed by atoms with E-state index in [2.05, 4.69) is 0 Å². The molecule has 1 saturated heterocycles. The lowest BCUT2D eigenvalue weighted by Crippen LogP contribution is -2.34. The van der Waals surface area contributed by atoms with E-state index in [-0.39, 0.29) is 11.8 Å². The first-order chi connectivity index (χ1) is 14.4. The van der Waals surface area contributed by atoms with Gasteiger partial charge in [-0.2, -0.15) is 0 Å². The lowest BCUT2D eigenvalue weighted by Gasteiger charge is -2.21. The van der Waals surface area contributed by atoms with Crippen LogP contribution in [0.2, 0.25) is 0 Å². The van der Waals surface area contributed by atoms with Crippen LogP contribution in [0.15, 0.2) is 42.1 Å². The average Bonchev–Trinajstić information content (AvgIpc) is 3.35. The van der Waals surface area contributed by atoms with E-state index in [1.807, 2.05) is 36.9 Å². The van der Waals surface area contributed by atoms with Gasteiger partial charge in [0.25, 0.3) is 11.8 Å². The zero-order valence-corrected chi connectivity index (χ0v) is 17.8. The number of anilines is 1. The van der Waals surface area contributed by atoms with Crippen molar-refractivity contribution < 1.29 is 19.1 Å². The Morgan fingerprint density at radius 1 is 0.800 bits per heavy atom. The van der Waals surface area contributed by atoms with Crippen molar-refractivity contribution in [3.8, 4) is 11.5 Å². The molecule has 2 aromatic rings. The summed E-state index contributed by atoms with van der Waals surface area (Å²) in [5.74, 6) is 0.422. The van der Waals surface area contributed by atoms with Gasteiger partial charge in [0.15, 0.2) is 0 Å². The smallest absolute Gasteiger partial charge is 0.282 e. The predicted octanol–water partition coefficient (Wildman–Crippen LogP) is 3.70. The number of methoxy groups -OCH3 is 2. The number of nitrogens with zero attached hydrogens (tertiary/aromatic N) is 2. The predicted molar refractivity (Wildman–Crippen MR) is 116 cm³/mol. The third kappa shape index (κ3) is 3.32. The van der Waals surface area contributed by atoms with E-state index in [1.54, 1.807) is 32.4 Å². The summed E-state index contributed by atoms with van der Waals surface area (Å²) in [6, 6.07) is 11.0. The highest BCUT2D eigenvalue weighted by Gasteiger charge is 2.43. The van der Waals surface area contributed by atoms with Crippen LogP contribution >= 0.6 is 0 Å². The highest BCUT2D eigenvalue weighted by atomic mass is 16.5. The van der Waals surface area contributed by atoms with Crippen molar-refractivity contribution in [1.82, 2.24) is 4.90 Å². The number of carbonyl (C=O) groups excluding carboxylic acids is 2. The molecule has 0 spiro atoms. The molecule has 0 aromatic heterocycles. The highest BCUT2D eigenvalue weighted by molar-refractivity contribution is 6.45. The zero-order chi connectivity index (χ0) is 21.4. The Morgan fingerprint density at radius 3 is 2.00 bits per heavy atom. The van der Waals surface area contributed by atoms with Crippen LogP contribution in [0.5, 0.6) is 11.5 Å².